The molecule has 2 heterocycles. The number of allylic oxidation sites excluding steroid dienone is 2. The molecule has 5 rings (SSSR count). The van der Waals surface area contributed by atoms with E-state index in [4.69, 9.17) is 0 Å². The lowest BCUT2D eigenvalue weighted by atomic mass is 9.71. The maximum Gasteiger partial charge on any atom is 0.0366 e. The normalized spacial score (nSPS) is 49.8. The summed E-state index contributed by atoms with van der Waals surface area (Å²) in [6.45, 7) is 0. The zero-order chi connectivity index (χ0) is 10.3. The van der Waals surface area contributed by atoms with Crippen molar-refractivity contribution >= 4 is 0 Å². The Kier molecular flexibility index (Phi) is 1.23. The summed E-state index contributed by atoms with van der Waals surface area (Å²) in [6.07, 6.45) is 6.39. The fourth-order valence-electron chi connectivity index (χ4n) is 4.92. The van der Waals surface area contributed by atoms with Crippen molar-refractivity contribution in [2.24, 2.45) is 23.7 Å². The summed E-state index contributed by atoms with van der Waals surface area (Å²) >= 11 is 0. The van der Waals surface area contributed by atoms with Crippen LogP contribution in [0.2, 0.25) is 0 Å². The highest BCUT2D eigenvalue weighted by atomic mass is 15.1. The van der Waals surface area contributed by atoms with Crippen LogP contribution in [0, 0.1) is 23.7 Å². The molecule has 4 bridgehead atoms. The average Bonchev–Trinajstić information content (AvgIpc) is 3.07. The van der Waals surface area contributed by atoms with Gasteiger partial charge in [-0.1, -0.05) is 36.4 Å². The van der Waals surface area contributed by atoms with E-state index in [9.17, 15) is 0 Å². The lowest BCUT2D eigenvalue weighted by Crippen LogP contribution is -2.25. The molecule has 1 nitrogen and oxygen atoms in total. The van der Waals surface area contributed by atoms with Gasteiger partial charge in [0.05, 0.1) is 0 Å². The van der Waals surface area contributed by atoms with Crippen molar-refractivity contribution < 1.29 is 0 Å². The van der Waals surface area contributed by atoms with E-state index in [1.165, 1.54) is 6.42 Å². The summed E-state index contributed by atoms with van der Waals surface area (Å²) in [5.74, 6) is 3.53. The molecule has 0 amide bonds. The van der Waals surface area contributed by atoms with Gasteiger partial charge in [-0.25, -0.2) is 0 Å². The quantitative estimate of drug-likeness (QED) is 0.648. The van der Waals surface area contributed by atoms with E-state index in [0.717, 1.165) is 23.7 Å². The Labute approximate surface area is 95.6 Å². The highest BCUT2D eigenvalue weighted by Crippen LogP contribution is 2.64. The Morgan fingerprint density at radius 1 is 0.875 bits per heavy atom. The van der Waals surface area contributed by atoms with Gasteiger partial charge in [0.2, 0.25) is 0 Å². The molecule has 4 aliphatic rings. The van der Waals surface area contributed by atoms with Crippen molar-refractivity contribution in [1.82, 2.24) is 5.32 Å². The second-order valence-electron chi connectivity index (χ2n) is 5.85. The van der Waals surface area contributed by atoms with Gasteiger partial charge in [-0.2, -0.15) is 0 Å². The summed E-state index contributed by atoms with van der Waals surface area (Å²) in [7, 11) is 0. The van der Waals surface area contributed by atoms with Gasteiger partial charge >= 0.3 is 0 Å². The molecule has 2 aliphatic heterocycles. The molecule has 16 heavy (non-hydrogen) atoms. The number of hydrogen-bond acceptors (Lipinski definition) is 1. The minimum absolute atomic E-state index is 0.658. The topological polar surface area (TPSA) is 12.0 Å². The van der Waals surface area contributed by atoms with Crippen LogP contribution in [0.1, 0.15) is 29.6 Å². The monoisotopic (exact) mass is 209 g/mol. The number of nitrogens with one attached hydrogen (secondary N) is 1. The van der Waals surface area contributed by atoms with E-state index in [1.54, 1.807) is 11.1 Å². The lowest BCUT2D eigenvalue weighted by molar-refractivity contribution is 0.305. The highest BCUT2D eigenvalue weighted by Gasteiger charge is 2.59. The first kappa shape index (κ1) is 8.08. The van der Waals surface area contributed by atoms with Crippen LogP contribution in [-0.4, -0.2) is 0 Å². The molecule has 2 aliphatic carbocycles. The Morgan fingerprint density at radius 3 is 2.00 bits per heavy atom. The van der Waals surface area contributed by atoms with Gasteiger partial charge in [0.25, 0.3) is 0 Å². The van der Waals surface area contributed by atoms with Crippen molar-refractivity contribution in [3.8, 4) is 0 Å². The van der Waals surface area contributed by atoms with E-state index in [1.807, 2.05) is 0 Å². The van der Waals surface area contributed by atoms with Crippen LogP contribution in [-0.2, 0) is 0 Å². The van der Waals surface area contributed by atoms with Crippen LogP contribution in [0.5, 0.6) is 0 Å². The van der Waals surface area contributed by atoms with Gasteiger partial charge in [0.15, 0.2) is 0 Å². The molecule has 2 fully saturated rings. The fourth-order valence-corrected chi connectivity index (χ4v) is 4.92. The third-order valence-corrected chi connectivity index (χ3v) is 5.38. The zero-order valence-electron chi connectivity index (χ0n) is 9.14. The van der Waals surface area contributed by atoms with Gasteiger partial charge in [-0.05, 0) is 41.2 Å². The van der Waals surface area contributed by atoms with Gasteiger partial charge < -0.3 is 5.32 Å². The second kappa shape index (κ2) is 2.43. The van der Waals surface area contributed by atoms with Crippen molar-refractivity contribution in [3.63, 3.8) is 0 Å². The third-order valence-electron chi connectivity index (χ3n) is 5.38. The SMILES string of the molecule is C1=CC2CC1C1C3NC(c4ccccc43)[C@@H]21. The minimum Gasteiger partial charge on any atom is -0.302 e. The number of benzene rings is 1. The smallest absolute Gasteiger partial charge is 0.0366 e. The van der Waals surface area contributed by atoms with E-state index < -0.39 is 0 Å². The average molecular weight is 209 g/mol. The molecule has 1 saturated heterocycles. The number of rotatable bonds is 0. The maximum atomic E-state index is 3.86. The molecule has 0 spiro atoms. The standard InChI is InChI=1S/C15H15N/c1-2-4-11-10(3-1)14-12-8-5-6-9(7-8)13(12)15(11)16-14/h1-6,8-9,12-16H,7H2/t8?,9?,12-,13?,14?,15?/m0/s1. The third kappa shape index (κ3) is 0.708. The van der Waals surface area contributed by atoms with E-state index in [0.29, 0.717) is 12.1 Å². The van der Waals surface area contributed by atoms with Gasteiger partial charge in [-0.15, -0.1) is 0 Å². The molecule has 5 unspecified atom stereocenters. The minimum atomic E-state index is 0.658. The fraction of sp³-hybridized carbons (Fsp3) is 0.467. The van der Waals surface area contributed by atoms with Crippen LogP contribution in [0.4, 0.5) is 0 Å². The van der Waals surface area contributed by atoms with Crippen molar-refractivity contribution in [1.29, 1.82) is 0 Å². The molecule has 0 radical (unpaired) electrons. The van der Waals surface area contributed by atoms with E-state index >= 15 is 0 Å². The Morgan fingerprint density at radius 2 is 1.44 bits per heavy atom. The van der Waals surface area contributed by atoms with Crippen LogP contribution < -0.4 is 5.32 Å². The molecular formula is C15H15N. The largest absolute Gasteiger partial charge is 0.302 e. The molecule has 1 aromatic carbocycles. The van der Waals surface area contributed by atoms with Crippen molar-refractivity contribution in [2.75, 3.05) is 0 Å². The summed E-state index contributed by atoms with van der Waals surface area (Å²) in [5.41, 5.74) is 3.18. The lowest BCUT2D eigenvalue weighted by Gasteiger charge is -2.31. The van der Waals surface area contributed by atoms with Crippen LogP contribution in [0.15, 0.2) is 36.4 Å². The number of fused-ring (bicyclic) bond motifs is 12. The molecule has 1 N–H and O–H groups in total. The Hall–Kier alpha value is -1.08. The van der Waals surface area contributed by atoms with Crippen LogP contribution in [0.3, 0.4) is 0 Å². The molecule has 0 aromatic heterocycles. The van der Waals surface area contributed by atoms with Gasteiger partial charge in [0.1, 0.15) is 0 Å². The predicted octanol–water partition coefficient (Wildman–Crippen LogP) is 2.82. The maximum absolute atomic E-state index is 3.86. The van der Waals surface area contributed by atoms with Crippen LogP contribution in [0.25, 0.3) is 0 Å². The summed E-state index contributed by atoms with van der Waals surface area (Å²) in [5, 5.41) is 3.86. The van der Waals surface area contributed by atoms with Crippen molar-refractivity contribution in [3.05, 3.63) is 47.5 Å². The first-order valence-electron chi connectivity index (χ1n) is 6.47. The molecule has 80 valence electrons. The number of hydrogen-bond donors (Lipinski definition) is 1. The summed E-state index contributed by atoms with van der Waals surface area (Å²) in [4.78, 5) is 0. The summed E-state index contributed by atoms with van der Waals surface area (Å²) < 4.78 is 0. The second-order valence-corrected chi connectivity index (χ2v) is 5.85. The molecule has 1 heteroatoms. The van der Waals surface area contributed by atoms with E-state index in [2.05, 4.69) is 41.7 Å². The zero-order valence-corrected chi connectivity index (χ0v) is 9.14. The Bertz CT molecular complexity index is 461. The van der Waals surface area contributed by atoms with Gasteiger partial charge in [0, 0.05) is 12.1 Å². The van der Waals surface area contributed by atoms with Gasteiger partial charge in [-0.3, -0.25) is 0 Å². The predicted molar refractivity (Wildman–Crippen MR) is 62.8 cm³/mol. The van der Waals surface area contributed by atoms with E-state index in [-0.39, 0.29) is 0 Å². The highest BCUT2D eigenvalue weighted by molar-refractivity contribution is 5.44. The first-order valence-corrected chi connectivity index (χ1v) is 6.47. The molecule has 6 atom stereocenters. The van der Waals surface area contributed by atoms with Crippen molar-refractivity contribution in [2.45, 2.75) is 18.5 Å². The first-order chi connectivity index (χ1) is 7.93. The molecular weight excluding hydrogens is 194 g/mol. The molecule has 1 saturated carbocycles. The Balaban J connectivity index is 1.73. The van der Waals surface area contributed by atoms with Crippen LogP contribution >= 0.6 is 0 Å². The molecule has 1 aromatic rings. The summed E-state index contributed by atoms with van der Waals surface area (Å²) in [6, 6.07) is 10.4.